The van der Waals surface area contributed by atoms with E-state index in [1.165, 1.54) is 0 Å². The van der Waals surface area contributed by atoms with Crippen LogP contribution in [-0.2, 0) is 65.4 Å². The molecule has 0 aliphatic heterocycles. The molecule has 106 heavy (non-hydrogen) atoms. The molecule has 0 aliphatic rings. The molecule has 602 valence electrons. The number of aliphatic hydroxyl groups is 1. The highest BCUT2D eigenvalue weighted by atomic mass is 31.2. The molecule has 17 nitrogen and oxygen atoms in total. The maximum absolute atomic E-state index is 13.1. The van der Waals surface area contributed by atoms with Crippen LogP contribution in [0.1, 0.15) is 297 Å². The zero-order valence-electron chi connectivity index (χ0n) is 65.8. The summed E-state index contributed by atoms with van der Waals surface area (Å²) in [6, 6.07) is 0. The summed E-state index contributed by atoms with van der Waals surface area (Å²) in [5, 5.41) is 10.7. The van der Waals surface area contributed by atoms with Gasteiger partial charge in [0.25, 0.3) is 0 Å². The van der Waals surface area contributed by atoms with Crippen LogP contribution < -0.4 is 0 Å². The SMILES string of the molecule is CC/C=C\C/C=C\C/C=C\C/C=C\CCCCCCC(=O)OCC(COP(=O)(O)OCC(O)COP(=O)(O)OCC(COC(=O)CCCCCC/C=C\C/C=C\C/C=C\C/C=C\CC)OC(=O)CCCCCCCCC/C=C\C/C=C\C/C=C\CC)OC(=O)CCCCCCC/C=C\C/C=C\C/C=C\CC. The zero-order chi connectivity index (χ0) is 77.4. The van der Waals surface area contributed by atoms with Gasteiger partial charge < -0.3 is 33.8 Å². The van der Waals surface area contributed by atoms with Crippen molar-refractivity contribution in [2.24, 2.45) is 0 Å². The molecular weight excluding hydrogens is 1380 g/mol. The number of phosphoric ester groups is 2. The van der Waals surface area contributed by atoms with Crippen molar-refractivity contribution >= 4 is 39.5 Å². The zero-order valence-corrected chi connectivity index (χ0v) is 67.6. The highest BCUT2D eigenvalue weighted by Crippen LogP contribution is 2.45. The summed E-state index contributed by atoms with van der Waals surface area (Å²) in [6.07, 6.45) is 91.8. The molecule has 0 bridgehead atoms. The average Bonchev–Trinajstić information content (AvgIpc) is 0.901. The lowest BCUT2D eigenvalue weighted by Gasteiger charge is -2.21. The molecule has 0 aromatic rings. The van der Waals surface area contributed by atoms with Crippen LogP contribution in [0.5, 0.6) is 0 Å². The molecule has 0 aromatic carbocycles. The van der Waals surface area contributed by atoms with Crippen LogP contribution in [0.4, 0.5) is 0 Å². The van der Waals surface area contributed by atoms with E-state index >= 15 is 0 Å². The van der Waals surface area contributed by atoms with Gasteiger partial charge in [0.05, 0.1) is 26.4 Å². The Hall–Kier alpha value is -5.58. The number of carbonyl (C=O) groups is 4. The first-order chi connectivity index (χ1) is 51.7. The fraction of sp³-hybridized carbons (Fsp3) is 0.632. The molecular formula is C87H142O17P2. The van der Waals surface area contributed by atoms with Crippen LogP contribution in [0.25, 0.3) is 0 Å². The molecule has 0 saturated heterocycles. The summed E-state index contributed by atoms with van der Waals surface area (Å²) in [5.74, 6) is -2.27. The van der Waals surface area contributed by atoms with E-state index in [0.717, 1.165) is 218 Å². The fourth-order valence-electron chi connectivity index (χ4n) is 10.2. The third-order valence-electron chi connectivity index (χ3n) is 16.2. The molecule has 0 amide bonds. The van der Waals surface area contributed by atoms with Gasteiger partial charge in [-0.3, -0.25) is 37.3 Å². The van der Waals surface area contributed by atoms with Gasteiger partial charge in [-0.05, 0) is 167 Å². The average molecular weight is 1520 g/mol. The lowest BCUT2D eigenvalue weighted by molar-refractivity contribution is -0.161. The Kier molecular flexibility index (Phi) is 73.5. The molecule has 19 heteroatoms. The van der Waals surface area contributed by atoms with E-state index in [-0.39, 0.29) is 25.7 Å². The molecule has 0 rings (SSSR count). The van der Waals surface area contributed by atoms with Gasteiger partial charge in [0.2, 0.25) is 0 Å². The van der Waals surface area contributed by atoms with E-state index in [2.05, 4.69) is 198 Å². The minimum Gasteiger partial charge on any atom is -0.462 e. The summed E-state index contributed by atoms with van der Waals surface area (Å²) in [7, 11) is -10.00. The second kappa shape index (κ2) is 77.6. The van der Waals surface area contributed by atoms with E-state index in [9.17, 15) is 43.2 Å². The van der Waals surface area contributed by atoms with Gasteiger partial charge in [-0.1, -0.05) is 275 Å². The first-order valence-electron chi connectivity index (χ1n) is 40.4. The number of aliphatic hydroxyl groups excluding tert-OH is 1. The van der Waals surface area contributed by atoms with Crippen molar-refractivity contribution in [1.29, 1.82) is 0 Å². The summed E-state index contributed by atoms with van der Waals surface area (Å²) in [5.41, 5.74) is 0. The van der Waals surface area contributed by atoms with E-state index in [1.54, 1.807) is 0 Å². The number of phosphoric acid groups is 2. The quantitative estimate of drug-likeness (QED) is 0.0169. The molecule has 0 aliphatic carbocycles. The summed E-state index contributed by atoms with van der Waals surface area (Å²) in [6.45, 7) is 4.34. The number of unbranched alkanes of at least 4 members (excludes halogenated alkanes) is 20. The number of carbonyl (C=O) groups excluding carboxylic acids is 4. The van der Waals surface area contributed by atoms with Crippen molar-refractivity contribution in [3.05, 3.63) is 170 Å². The third kappa shape index (κ3) is 76.6. The number of hydrogen-bond acceptors (Lipinski definition) is 15. The molecule has 0 spiro atoms. The Balaban J connectivity index is 5.45. The topological polar surface area (TPSA) is 237 Å². The summed E-state index contributed by atoms with van der Waals surface area (Å²) >= 11 is 0. The molecule has 0 radical (unpaired) electrons. The molecule has 3 N–H and O–H groups in total. The number of hydrogen-bond donors (Lipinski definition) is 3. The smallest absolute Gasteiger partial charge is 0.462 e. The maximum Gasteiger partial charge on any atom is 0.472 e. The van der Waals surface area contributed by atoms with Crippen LogP contribution in [0.2, 0.25) is 0 Å². The molecule has 0 fully saturated rings. The Morgan fingerprint density at radius 2 is 0.462 bits per heavy atom. The van der Waals surface area contributed by atoms with Gasteiger partial charge in [0.15, 0.2) is 12.2 Å². The molecule has 5 atom stereocenters. The van der Waals surface area contributed by atoms with E-state index < -0.39 is 97.5 Å². The largest absolute Gasteiger partial charge is 0.472 e. The van der Waals surface area contributed by atoms with Crippen molar-refractivity contribution in [1.82, 2.24) is 0 Å². The van der Waals surface area contributed by atoms with Gasteiger partial charge in [-0.2, -0.15) is 0 Å². The second-order valence-corrected chi connectivity index (χ2v) is 29.1. The van der Waals surface area contributed by atoms with Crippen molar-refractivity contribution in [3.63, 3.8) is 0 Å². The molecule has 0 heterocycles. The molecule has 0 saturated carbocycles. The number of ether oxygens (including phenoxy) is 4. The minimum absolute atomic E-state index is 0.0635. The van der Waals surface area contributed by atoms with E-state index in [0.29, 0.717) is 25.7 Å². The maximum atomic E-state index is 13.1. The highest BCUT2D eigenvalue weighted by molar-refractivity contribution is 7.47. The van der Waals surface area contributed by atoms with Gasteiger partial charge in [-0.25, -0.2) is 9.13 Å². The van der Waals surface area contributed by atoms with Crippen LogP contribution >= 0.6 is 15.6 Å². The van der Waals surface area contributed by atoms with Crippen molar-refractivity contribution in [2.75, 3.05) is 39.6 Å². The van der Waals surface area contributed by atoms with Crippen molar-refractivity contribution in [2.45, 2.75) is 316 Å². The molecule has 5 unspecified atom stereocenters. The lowest BCUT2D eigenvalue weighted by Crippen LogP contribution is -2.30. The standard InChI is InChI=1S/C87H142O17P2/c1-5-9-13-17-21-25-29-33-37-40-44-47-51-55-59-63-67-71-84(89)97-77-82(103-86(91)73-69-65-61-57-53-49-43-36-32-28-24-20-16-12-8-4)79-101-105(93,94)99-75-81(88)76-100-106(95,96)102-80-83(104-87(92)74-70-66-62-58-54-50-46-42-39-35-31-27-23-19-15-11-7-3)78-98-85(90)72-68-64-60-56-52-48-45-41-38-34-30-26-22-18-14-10-6-2/h9-16,21-28,33-39,43-45,47-48,81-83,88H,5-8,17-20,29-32,40-42,46,49-80H2,1-4H3,(H,93,94)(H,95,96)/b13-9-,14-10-,15-11-,16-12-,25-21-,26-22-,27-23-,28-24-,37-33-,38-34-,39-35-,43-36-,47-44-,48-45-. The number of rotatable bonds is 74. The van der Waals surface area contributed by atoms with E-state index in [1.807, 2.05) is 0 Å². The first kappa shape index (κ1) is 100. The predicted molar refractivity (Wildman–Crippen MR) is 436 cm³/mol. The molecule has 0 aromatic heterocycles. The van der Waals surface area contributed by atoms with Crippen LogP contribution in [0, 0.1) is 0 Å². The third-order valence-corrected chi connectivity index (χ3v) is 18.1. The van der Waals surface area contributed by atoms with Crippen LogP contribution in [-0.4, -0.2) is 96.7 Å². The monoisotopic (exact) mass is 1520 g/mol. The normalized spacial score (nSPS) is 14.7. The minimum atomic E-state index is -5.00. The van der Waals surface area contributed by atoms with Gasteiger partial charge >= 0.3 is 39.5 Å². The number of allylic oxidation sites excluding steroid dienone is 28. The number of esters is 4. The van der Waals surface area contributed by atoms with Crippen molar-refractivity contribution in [3.8, 4) is 0 Å². The van der Waals surface area contributed by atoms with Gasteiger partial charge in [-0.15, -0.1) is 0 Å². The van der Waals surface area contributed by atoms with Crippen LogP contribution in [0.3, 0.4) is 0 Å². The first-order valence-corrected chi connectivity index (χ1v) is 43.4. The van der Waals surface area contributed by atoms with Gasteiger partial charge in [0.1, 0.15) is 19.3 Å². The van der Waals surface area contributed by atoms with E-state index in [4.69, 9.17) is 37.0 Å². The summed E-state index contributed by atoms with van der Waals surface area (Å²) < 4.78 is 68.6. The lowest BCUT2D eigenvalue weighted by atomic mass is 10.1. The Morgan fingerprint density at radius 3 is 0.708 bits per heavy atom. The van der Waals surface area contributed by atoms with Crippen molar-refractivity contribution < 1.29 is 80.2 Å². The Bertz CT molecular complexity index is 2680. The van der Waals surface area contributed by atoms with Crippen LogP contribution in [0.15, 0.2) is 170 Å². The fourth-order valence-corrected chi connectivity index (χ4v) is 11.8. The Labute approximate surface area is 642 Å². The predicted octanol–water partition coefficient (Wildman–Crippen LogP) is 23.8. The summed E-state index contributed by atoms with van der Waals surface area (Å²) in [4.78, 5) is 73.1. The highest BCUT2D eigenvalue weighted by Gasteiger charge is 2.30. The Morgan fingerprint density at radius 1 is 0.264 bits per heavy atom. The second-order valence-electron chi connectivity index (χ2n) is 26.2. The van der Waals surface area contributed by atoms with Gasteiger partial charge in [0, 0.05) is 25.7 Å².